The van der Waals surface area contributed by atoms with Crippen LogP contribution in [0.1, 0.15) is 12.8 Å². The third-order valence-corrected chi connectivity index (χ3v) is 8.11. The molecule has 1 aliphatic heterocycles. The van der Waals surface area contributed by atoms with Gasteiger partial charge in [0, 0.05) is 19.2 Å². The second kappa shape index (κ2) is 8.69. The van der Waals surface area contributed by atoms with Crippen LogP contribution >= 0.6 is 22.9 Å². The van der Waals surface area contributed by atoms with Crippen LogP contribution < -0.4 is 14.8 Å². The van der Waals surface area contributed by atoms with Crippen molar-refractivity contribution in [1.82, 2.24) is 4.31 Å². The average molecular weight is 445 g/mol. The molecule has 28 heavy (non-hydrogen) atoms. The van der Waals surface area contributed by atoms with Crippen LogP contribution in [0.15, 0.2) is 33.9 Å². The van der Waals surface area contributed by atoms with Crippen LogP contribution in [0, 0.1) is 5.92 Å². The van der Waals surface area contributed by atoms with E-state index in [1.54, 1.807) is 29.6 Å². The van der Waals surface area contributed by atoms with Gasteiger partial charge in [0.2, 0.25) is 5.91 Å². The van der Waals surface area contributed by atoms with Gasteiger partial charge < -0.3 is 14.8 Å². The Balaban J connectivity index is 1.76. The predicted octanol–water partition coefficient (Wildman–Crippen LogP) is 3.46. The van der Waals surface area contributed by atoms with Crippen molar-refractivity contribution in [3.8, 4) is 11.5 Å². The highest BCUT2D eigenvalue weighted by Gasteiger charge is 2.34. The minimum Gasteiger partial charge on any atom is -0.495 e. The Bertz CT molecular complexity index is 947. The maximum Gasteiger partial charge on any atom is 0.252 e. The van der Waals surface area contributed by atoms with E-state index >= 15 is 0 Å². The van der Waals surface area contributed by atoms with Crippen molar-refractivity contribution in [1.29, 1.82) is 0 Å². The molecule has 0 spiro atoms. The van der Waals surface area contributed by atoms with Crippen LogP contribution in [0.2, 0.25) is 5.02 Å². The summed E-state index contributed by atoms with van der Waals surface area (Å²) in [6.07, 6.45) is 1.22. The normalized spacial score (nSPS) is 17.9. The van der Waals surface area contributed by atoms with E-state index in [0.29, 0.717) is 41.6 Å². The molecule has 2 heterocycles. The number of nitrogens with zero attached hydrogens (tertiary/aromatic N) is 1. The summed E-state index contributed by atoms with van der Waals surface area (Å²) >= 11 is 7.32. The van der Waals surface area contributed by atoms with E-state index in [1.807, 2.05) is 0 Å². The number of hydrogen-bond acceptors (Lipinski definition) is 6. The zero-order valence-electron chi connectivity index (χ0n) is 15.5. The summed E-state index contributed by atoms with van der Waals surface area (Å²) in [5.41, 5.74) is 0.413. The van der Waals surface area contributed by atoms with Crippen molar-refractivity contribution in [2.45, 2.75) is 17.1 Å². The lowest BCUT2D eigenvalue weighted by molar-refractivity contribution is -0.120. The number of sulfonamides is 1. The van der Waals surface area contributed by atoms with Gasteiger partial charge in [0.1, 0.15) is 15.7 Å². The van der Waals surface area contributed by atoms with Crippen LogP contribution in [-0.4, -0.2) is 45.9 Å². The summed E-state index contributed by atoms with van der Waals surface area (Å²) in [5, 5.41) is 4.87. The fourth-order valence-electron chi connectivity index (χ4n) is 3.10. The highest BCUT2D eigenvalue weighted by molar-refractivity contribution is 7.91. The van der Waals surface area contributed by atoms with Gasteiger partial charge in [-0.1, -0.05) is 17.7 Å². The first kappa shape index (κ1) is 20.9. The van der Waals surface area contributed by atoms with Gasteiger partial charge in [0.15, 0.2) is 0 Å². The molecule has 0 aliphatic carbocycles. The largest absolute Gasteiger partial charge is 0.495 e. The number of amides is 1. The number of carbonyl (C=O) groups is 1. The molecule has 2 aromatic rings. The quantitative estimate of drug-likeness (QED) is 0.737. The maximum absolute atomic E-state index is 12.8. The highest BCUT2D eigenvalue weighted by atomic mass is 35.5. The van der Waals surface area contributed by atoms with Gasteiger partial charge in [-0.15, -0.1) is 11.3 Å². The molecule has 1 aromatic heterocycles. The standard InChI is InChI=1S/C18H21ClN2O5S2/c1-25-15-10-16(26-2)14(9-13(15)19)20-18(22)12-5-3-7-21(11-12)28(23,24)17-6-4-8-27-17/h4,6,8-10,12H,3,5,7,11H2,1-2H3,(H,20,22). The minimum absolute atomic E-state index is 0.137. The monoisotopic (exact) mass is 444 g/mol. The van der Waals surface area contributed by atoms with Crippen molar-refractivity contribution < 1.29 is 22.7 Å². The van der Waals surface area contributed by atoms with Crippen LogP contribution in [0.4, 0.5) is 5.69 Å². The summed E-state index contributed by atoms with van der Waals surface area (Å²) in [6.45, 7) is 0.542. The number of carbonyl (C=O) groups excluding carboxylic acids is 1. The first-order valence-electron chi connectivity index (χ1n) is 8.63. The molecular weight excluding hydrogens is 424 g/mol. The summed E-state index contributed by atoms with van der Waals surface area (Å²) in [4.78, 5) is 12.8. The molecule has 1 amide bonds. The fourth-order valence-corrected chi connectivity index (χ4v) is 6.01. The zero-order valence-corrected chi connectivity index (χ0v) is 17.9. The smallest absolute Gasteiger partial charge is 0.252 e. The molecule has 1 N–H and O–H groups in total. The molecule has 0 radical (unpaired) electrons. The molecule has 3 rings (SSSR count). The van der Waals surface area contributed by atoms with E-state index in [9.17, 15) is 13.2 Å². The summed E-state index contributed by atoms with van der Waals surface area (Å²) in [6, 6.07) is 6.42. The van der Waals surface area contributed by atoms with Crippen molar-refractivity contribution in [2.75, 3.05) is 32.6 Å². The van der Waals surface area contributed by atoms with Crippen LogP contribution in [0.25, 0.3) is 0 Å². The van der Waals surface area contributed by atoms with Gasteiger partial charge in [0.05, 0.1) is 30.8 Å². The third kappa shape index (κ3) is 4.27. The average Bonchev–Trinajstić information content (AvgIpc) is 3.24. The highest BCUT2D eigenvalue weighted by Crippen LogP contribution is 2.36. The minimum atomic E-state index is -3.58. The first-order chi connectivity index (χ1) is 13.4. The summed E-state index contributed by atoms with van der Waals surface area (Å²) in [5.74, 6) is 0.107. The van der Waals surface area contributed by atoms with Gasteiger partial charge in [0.25, 0.3) is 10.0 Å². The van der Waals surface area contributed by atoms with Crippen molar-refractivity contribution in [3.63, 3.8) is 0 Å². The van der Waals surface area contributed by atoms with Gasteiger partial charge >= 0.3 is 0 Å². The van der Waals surface area contributed by atoms with Gasteiger partial charge in [-0.3, -0.25) is 4.79 Å². The Morgan fingerprint density at radius 2 is 2.04 bits per heavy atom. The van der Waals surface area contributed by atoms with Gasteiger partial charge in [-0.05, 0) is 30.4 Å². The lowest BCUT2D eigenvalue weighted by Gasteiger charge is -2.31. The lowest BCUT2D eigenvalue weighted by atomic mass is 9.98. The predicted molar refractivity (Wildman–Crippen MR) is 109 cm³/mol. The molecule has 0 bridgehead atoms. The molecule has 1 atom stereocenters. The number of rotatable bonds is 6. The number of hydrogen-bond donors (Lipinski definition) is 1. The lowest BCUT2D eigenvalue weighted by Crippen LogP contribution is -2.43. The number of halogens is 1. The second-order valence-electron chi connectivity index (χ2n) is 6.31. The van der Waals surface area contributed by atoms with Crippen LogP contribution in [0.3, 0.4) is 0 Å². The summed E-state index contributed by atoms with van der Waals surface area (Å²) < 4.78 is 37.6. The van der Waals surface area contributed by atoms with Crippen molar-refractivity contribution >= 4 is 44.6 Å². The van der Waals surface area contributed by atoms with E-state index in [0.717, 1.165) is 0 Å². The number of nitrogens with one attached hydrogen (secondary N) is 1. The number of methoxy groups -OCH3 is 2. The first-order valence-corrected chi connectivity index (χ1v) is 11.3. The van der Waals surface area contributed by atoms with Crippen molar-refractivity contribution in [3.05, 3.63) is 34.7 Å². The van der Waals surface area contributed by atoms with Gasteiger partial charge in [-0.2, -0.15) is 4.31 Å². The Morgan fingerprint density at radius 3 is 2.68 bits per heavy atom. The fraction of sp³-hybridized carbons (Fsp3) is 0.389. The number of benzene rings is 1. The molecule has 1 unspecified atom stereocenters. The maximum atomic E-state index is 12.8. The summed E-state index contributed by atoms with van der Waals surface area (Å²) in [7, 11) is -0.607. The molecule has 10 heteroatoms. The third-order valence-electron chi connectivity index (χ3n) is 4.58. The van der Waals surface area contributed by atoms with Crippen molar-refractivity contribution in [2.24, 2.45) is 5.92 Å². The molecule has 152 valence electrons. The van der Waals surface area contributed by atoms with E-state index < -0.39 is 15.9 Å². The molecular formula is C18H21ClN2O5S2. The van der Waals surface area contributed by atoms with Crippen LogP contribution in [-0.2, 0) is 14.8 Å². The molecule has 1 aliphatic rings. The molecule has 7 nitrogen and oxygen atoms in total. The van der Waals surface area contributed by atoms with E-state index in [1.165, 1.54) is 29.9 Å². The number of piperidine rings is 1. The molecule has 1 saturated heterocycles. The Hall–Kier alpha value is -1.81. The van der Waals surface area contributed by atoms with Crippen LogP contribution in [0.5, 0.6) is 11.5 Å². The van der Waals surface area contributed by atoms with E-state index in [4.69, 9.17) is 21.1 Å². The molecule has 0 saturated carbocycles. The topological polar surface area (TPSA) is 84.9 Å². The van der Waals surface area contributed by atoms with Gasteiger partial charge in [-0.25, -0.2) is 8.42 Å². The Morgan fingerprint density at radius 1 is 1.29 bits per heavy atom. The Labute approximate surface area is 173 Å². The number of ether oxygens (including phenoxy) is 2. The zero-order chi connectivity index (χ0) is 20.3. The number of thiophene rings is 1. The molecule has 1 fully saturated rings. The van der Waals surface area contributed by atoms with E-state index in [-0.39, 0.29) is 16.7 Å². The second-order valence-corrected chi connectivity index (χ2v) is 9.83. The molecule has 1 aromatic carbocycles. The number of anilines is 1. The van der Waals surface area contributed by atoms with E-state index in [2.05, 4.69) is 5.32 Å². The SMILES string of the molecule is COc1cc(OC)c(NC(=O)C2CCCN(S(=O)(=O)c3cccs3)C2)cc1Cl. The Kier molecular flexibility index (Phi) is 6.49.